The zero-order valence-electron chi connectivity index (χ0n) is 11.9. The van der Waals surface area contributed by atoms with Gasteiger partial charge in [0.15, 0.2) is 5.76 Å². The molecule has 7 nitrogen and oxygen atoms in total. The quantitative estimate of drug-likeness (QED) is 0.678. The van der Waals surface area contributed by atoms with E-state index in [-0.39, 0.29) is 17.9 Å². The first-order chi connectivity index (χ1) is 9.54. The first-order valence-corrected chi connectivity index (χ1v) is 6.83. The Morgan fingerprint density at radius 1 is 1.45 bits per heavy atom. The minimum atomic E-state index is -1.01. The molecule has 2 N–H and O–H groups in total. The van der Waals surface area contributed by atoms with Gasteiger partial charge in [0.25, 0.3) is 0 Å². The first-order valence-electron chi connectivity index (χ1n) is 6.83. The Bertz CT molecular complexity index is 381. The Morgan fingerprint density at radius 2 is 2.10 bits per heavy atom. The third kappa shape index (κ3) is 2.99. The van der Waals surface area contributed by atoms with Crippen LogP contribution in [0, 0.1) is 0 Å². The first kappa shape index (κ1) is 14.9. The monoisotopic (exact) mass is 286 g/mol. The lowest BCUT2D eigenvalue weighted by Crippen LogP contribution is -2.55. The predicted octanol–water partition coefficient (Wildman–Crippen LogP) is 0.308. The van der Waals surface area contributed by atoms with E-state index >= 15 is 0 Å². The van der Waals surface area contributed by atoms with E-state index < -0.39 is 12.1 Å². The molecule has 0 aromatic rings. The van der Waals surface area contributed by atoms with Gasteiger partial charge in [0.05, 0.1) is 25.4 Å². The number of nitrogens with zero attached hydrogens (tertiary/aromatic N) is 2. The number of aliphatic hydroxyl groups excluding tert-OH is 2. The highest BCUT2D eigenvalue weighted by molar-refractivity contribution is 5.74. The van der Waals surface area contributed by atoms with Crippen molar-refractivity contribution in [1.82, 2.24) is 9.80 Å². The fraction of sp³-hybridized carbons (Fsp3) is 0.769. The molecule has 2 saturated heterocycles. The maximum absolute atomic E-state index is 12.4. The Kier molecular flexibility index (Phi) is 4.72. The smallest absolute Gasteiger partial charge is 0.320 e. The highest BCUT2D eigenvalue weighted by Crippen LogP contribution is 2.26. The molecule has 2 amide bonds. The lowest BCUT2D eigenvalue weighted by molar-refractivity contribution is -0.0439. The van der Waals surface area contributed by atoms with Gasteiger partial charge in [0, 0.05) is 26.6 Å². The van der Waals surface area contributed by atoms with Gasteiger partial charge in [-0.2, -0.15) is 0 Å². The second kappa shape index (κ2) is 6.32. The summed E-state index contributed by atoms with van der Waals surface area (Å²) in [7, 11) is 1.67. The number of morpholine rings is 1. The molecule has 0 radical (unpaired) electrons. The molecule has 1 unspecified atom stereocenters. The van der Waals surface area contributed by atoms with E-state index in [0.717, 1.165) is 6.26 Å². The number of ether oxygens (including phenoxy) is 2. The summed E-state index contributed by atoms with van der Waals surface area (Å²) >= 11 is 0. The lowest BCUT2D eigenvalue weighted by Gasteiger charge is -2.41. The fourth-order valence-electron chi connectivity index (χ4n) is 2.61. The molecule has 0 spiro atoms. The summed E-state index contributed by atoms with van der Waals surface area (Å²) in [5.41, 5.74) is 0. The van der Waals surface area contributed by atoms with Crippen LogP contribution in [0.25, 0.3) is 0 Å². The van der Waals surface area contributed by atoms with Crippen LogP contribution in [0.5, 0.6) is 0 Å². The number of urea groups is 1. The lowest BCUT2D eigenvalue weighted by atomic mass is 9.98. The van der Waals surface area contributed by atoms with Crippen molar-refractivity contribution < 1.29 is 24.5 Å². The van der Waals surface area contributed by atoms with Gasteiger partial charge < -0.3 is 29.5 Å². The van der Waals surface area contributed by atoms with Crippen LogP contribution in [0.1, 0.15) is 13.3 Å². The van der Waals surface area contributed by atoms with Crippen molar-refractivity contribution in [2.75, 3.05) is 33.4 Å². The zero-order valence-corrected chi connectivity index (χ0v) is 11.9. The molecule has 0 aromatic heterocycles. The molecule has 3 atom stereocenters. The van der Waals surface area contributed by atoms with E-state index in [1.807, 2.05) is 6.92 Å². The highest BCUT2D eigenvalue weighted by Gasteiger charge is 2.38. The Balaban J connectivity index is 2.06. The number of aliphatic hydroxyl groups is 2. The summed E-state index contributed by atoms with van der Waals surface area (Å²) in [6.07, 6.45) is 0.110. The van der Waals surface area contributed by atoms with Crippen molar-refractivity contribution in [3.8, 4) is 0 Å². The Morgan fingerprint density at radius 3 is 2.70 bits per heavy atom. The summed E-state index contributed by atoms with van der Waals surface area (Å²) in [5, 5.41) is 19.3. The molecule has 2 rings (SSSR count). The van der Waals surface area contributed by atoms with Crippen LogP contribution < -0.4 is 0 Å². The van der Waals surface area contributed by atoms with E-state index in [0.29, 0.717) is 32.7 Å². The minimum Gasteiger partial charge on any atom is -0.512 e. The van der Waals surface area contributed by atoms with Crippen molar-refractivity contribution in [2.24, 2.45) is 0 Å². The maximum Gasteiger partial charge on any atom is 0.320 e. The van der Waals surface area contributed by atoms with Crippen LogP contribution >= 0.6 is 0 Å². The molecule has 114 valence electrons. The Labute approximate surface area is 118 Å². The fourth-order valence-corrected chi connectivity index (χ4v) is 2.61. The van der Waals surface area contributed by atoms with Crippen LogP contribution in [0.2, 0.25) is 0 Å². The molecule has 0 aliphatic carbocycles. The summed E-state index contributed by atoms with van der Waals surface area (Å²) in [6.45, 7) is 4.03. The SMILES string of the molecule is C[C@@H]1CC(N(C)C(=O)N2CCOCC2)[C@@H](O)/C(=C\O)O1. The topological polar surface area (TPSA) is 82.5 Å². The summed E-state index contributed by atoms with van der Waals surface area (Å²) in [5.74, 6) is 0.107. The van der Waals surface area contributed by atoms with Gasteiger partial charge in [-0.25, -0.2) is 4.79 Å². The molecule has 7 heteroatoms. The van der Waals surface area contributed by atoms with E-state index in [1.54, 1.807) is 11.9 Å². The number of amides is 2. The largest absolute Gasteiger partial charge is 0.512 e. The normalized spacial score (nSPS) is 32.9. The minimum absolute atomic E-state index is 0.107. The zero-order chi connectivity index (χ0) is 14.7. The number of rotatable bonds is 1. The van der Waals surface area contributed by atoms with Gasteiger partial charge >= 0.3 is 6.03 Å². The molecule has 2 heterocycles. The summed E-state index contributed by atoms with van der Waals surface area (Å²) < 4.78 is 10.6. The maximum atomic E-state index is 12.4. The van der Waals surface area contributed by atoms with Crippen molar-refractivity contribution >= 4 is 6.03 Å². The molecule has 20 heavy (non-hydrogen) atoms. The molecule has 2 aliphatic rings. The van der Waals surface area contributed by atoms with Gasteiger partial charge in [0.2, 0.25) is 0 Å². The molecule has 2 fully saturated rings. The van der Waals surface area contributed by atoms with Gasteiger partial charge in [0.1, 0.15) is 12.4 Å². The van der Waals surface area contributed by atoms with Gasteiger partial charge in [-0.3, -0.25) is 0 Å². The highest BCUT2D eigenvalue weighted by atomic mass is 16.5. The second-order valence-electron chi connectivity index (χ2n) is 5.20. The molecular formula is C13H22N2O5. The number of carbonyl (C=O) groups is 1. The van der Waals surface area contributed by atoms with E-state index in [4.69, 9.17) is 14.6 Å². The van der Waals surface area contributed by atoms with Crippen molar-refractivity contribution in [3.63, 3.8) is 0 Å². The van der Waals surface area contributed by atoms with Crippen LogP contribution in [0.15, 0.2) is 12.0 Å². The van der Waals surface area contributed by atoms with Crippen molar-refractivity contribution in [1.29, 1.82) is 0 Å². The standard InChI is InChI=1S/C13H22N2O5/c1-9-7-10(12(17)11(8-16)20-9)14(2)13(18)15-3-5-19-6-4-15/h8-10,12,16-17H,3-7H2,1-2H3/b11-8+/t9-,10?,12-/m1/s1. The number of carbonyl (C=O) groups excluding carboxylic acids is 1. The number of hydrogen-bond donors (Lipinski definition) is 2. The summed E-state index contributed by atoms with van der Waals surface area (Å²) in [4.78, 5) is 15.6. The predicted molar refractivity (Wildman–Crippen MR) is 71.2 cm³/mol. The number of likely N-dealkylation sites (N-methyl/N-ethyl adjacent to an activating group) is 1. The van der Waals surface area contributed by atoms with E-state index in [2.05, 4.69) is 0 Å². The van der Waals surface area contributed by atoms with Crippen LogP contribution in [-0.2, 0) is 9.47 Å². The van der Waals surface area contributed by atoms with E-state index in [1.165, 1.54) is 4.90 Å². The van der Waals surface area contributed by atoms with Crippen molar-refractivity contribution in [3.05, 3.63) is 12.0 Å². The average molecular weight is 286 g/mol. The second-order valence-corrected chi connectivity index (χ2v) is 5.20. The van der Waals surface area contributed by atoms with Gasteiger partial charge in [-0.1, -0.05) is 0 Å². The molecule has 0 aromatic carbocycles. The van der Waals surface area contributed by atoms with Gasteiger partial charge in [-0.15, -0.1) is 0 Å². The van der Waals surface area contributed by atoms with Crippen LogP contribution in [-0.4, -0.2) is 77.6 Å². The van der Waals surface area contributed by atoms with Crippen LogP contribution in [0.3, 0.4) is 0 Å². The van der Waals surface area contributed by atoms with Gasteiger partial charge in [-0.05, 0) is 6.92 Å². The number of hydrogen-bond acceptors (Lipinski definition) is 5. The van der Waals surface area contributed by atoms with Crippen LogP contribution in [0.4, 0.5) is 4.79 Å². The summed E-state index contributed by atoms with van der Waals surface area (Å²) in [6, 6.07) is -0.545. The molecule has 0 saturated carbocycles. The average Bonchev–Trinajstić information content (AvgIpc) is 2.48. The van der Waals surface area contributed by atoms with Crippen molar-refractivity contribution in [2.45, 2.75) is 31.6 Å². The third-order valence-corrected chi connectivity index (χ3v) is 3.77. The Hall–Kier alpha value is -1.47. The van der Waals surface area contributed by atoms with E-state index in [9.17, 15) is 9.90 Å². The third-order valence-electron chi connectivity index (χ3n) is 3.77. The molecule has 0 bridgehead atoms. The molecular weight excluding hydrogens is 264 g/mol. The molecule has 2 aliphatic heterocycles.